The molecule has 2 N–H and O–H groups in total. The molecule has 1 aromatic heterocycles. The fourth-order valence-electron chi connectivity index (χ4n) is 0.571. The van der Waals surface area contributed by atoms with Crippen molar-refractivity contribution >= 4 is 21.7 Å². The first-order valence-corrected chi connectivity index (χ1v) is 3.48. The summed E-state index contributed by atoms with van der Waals surface area (Å²) in [7, 11) is 0. The molecule has 0 spiro atoms. The molecule has 0 fully saturated rings. The monoisotopic (exact) mass is 204 g/mol. The standard InChI is InChI=1S/C6H6BrFN2/c1-3-5(8)4(7)2-10-6(3)9/h2H,1H3,(H2,9,10). The van der Waals surface area contributed by atoms with E-state index in [9.17, 15) is 4.39 Å². The Kier molecular flexibility index (Phi) is 1.89. The molecule has 2 nitrogen and oxygen atoms in total. The highest BCUT2D eigenvalue weighted by molar-refractivity contribution is 9.10. The Morgan fingerprint density at radius 1 is 1.70 bits per heavy atom. The van der Waals surface area contributed by atoms with Gasteiger partial charge in [-0.1, -0.05) is 0 Å². The van der Waals surface area contributed by atoms with Crippen LogP contribution in [-0.4, -0.2) is 4.98 Å². The fourth-order valence-corrected chi connectivity index (χ4v) is 0.971. The summed E-state index contributed by atoms with van der Waals surface area (Å²) in [6.07, 6.45) is 1.34. The Morgan fingerprint density at radius 3 is 2.80 bits per heavy atom. The van der Waals surface area contributed by atoms with E-state index in [2.05, 4.69) is 20.9 Å². The summed E-state index contributed by atoms with van der Waals surface area (Å²) in [5, 5.41) is 0. The lowest BCUT2D eigenvalue weighted by molar-refractivity contribution is 0.610. The lowest BCUT2D eigenvalue weighted by Gasteiger charge is -2.00. The average Bonchev–Trinajstić information content (AvgIpc) is 1.93. The van der Waals surface area contributed by atoms with E-state index in [4.69, 9.17) is 5.73 Å². The maximum absolute atomic E-state index is 12.8. The maximum atomic E-state index is 12.8. The molecule has 4 heteroatoms. The minimum Gasteiger partial charge on any atom is -0.383 e. The third-order valence-electron chi connectivity index (χ3n) is 1.24. The van der Waals surface area contributed by atoms with Crippen LogP contribution in [0.5, 0.6) is 0 Å². The topological polar surface area (TPSA) is 38.9 Å². The number of hydrogen-bond acceptors (Lipinski definition) is 2. The zero-order chi connectivity index (χ0) is 7.72. The number of nitrogens with zero attached hydrogens (tertiary/aromatic N) is 1. The van der Waals surface area contributed by atoms with Gasteiger partial charge in [-0.05, 0) is 22.9 Å². The molecule has 0 aromatic carbocycles. The molecule has 1 heterocycles. The highest BCUT2D eigenvalue weighted by Crippen LogP contribution is 2.19. The zero-order valence-corrected chi connectivity index (χ0v) is 6.94. The van der Waals surface area contributed by atoms with E-state index in [-0.39, 0.29) is 11.6 Å². The normalized spacial score (nSPS) is 9.90. The Morgan fingerprint density at radius 2 is 2.30 bits per heavy atom. The number of rotatable bonds is 0. The molecule has 0 unspecified atom stereocenters. The second-order valence-corrected chi connectivity index (χ2v) is 2.78. The van der Waals surface area contributed by atoms with E-state index in [1.54, 1.807) is 6.92 Å². The van der Waals surface area contributed by atoms with Crippen molar-refractivity contribution in [3.63, 3.8) is 0 Å². The molecular formula is C6H6BrFN2. The van der Waals surface area contributed by atoms with Gasteiger partial charge in [0.05, 0.1) is 4.47 Å². The highest BCUT2D eigenvalue weighted by Gasteiger charge is 2.05. The predicted octanol–water partition coefficient (Wildman–Crippen LogP) is 1.87. The van der Waals surface area contributed by atoms with E-state index >= 15 is 0 Å². The van der Waals surface area contributed by atoms with E-state index in [1.807, 2.05) is 0 Å². The number of hydrogen-bond donors (Lipinski definition) is 1. The third kappa shape index (κ3) is 1.11. The number of pyridine rings is 1. The summed E-state index contributed by atoms with van der Waals surface area (Å²) in [5.74, 6) is -0.104. The summed E-state index contributed by atoms with van der Waals surface area (Å²) < 4.78 is 13.2. The number of nitrogens with two attached hydrogens (primary N) is 1. The average molecular weight is 205 g/mol. The van der Waals surface area contributed by atoms with Gasteiger partial charge < -0.3 is 5.73 Å². The molecule has 54 valence electrons. The molecule has 0 bridgehead atoms. The van der Waals surface area contributed by atoms with Crippen LogP contribution in [0.3, 0.4) is 0 Å². The van der Waals surface area contributed by atoms with Crippen LogP contribution < -0.4 is 5.73 Å². The first kappa shape index (κ1) is 7.47. The Labute approximate surface area is 66.4 Å². The summed E-state index contributed by atoms with van der Waals surface area (Å²) in [6, 6.07) is 0. The van der Waals surface area contributed by atoms with Crippen molar-refractivity contribution in [2.24, 2.45) is 0 Å². The van der Waals surface area contributed by atoms with Gasteiger partial charge in [0.2, 0.25) is 0 Å². The largest absolute Gasteiger partial charge is 0.383 e. The minimum atomic E-state index is -0.340. The van der Waals surface area contributed by atoms with Crippen molar-refractivity contribution in [1.82, 2.24) is 4.98 Å². The maximum Gasteiger partial charge on any atom is 0.145 e. The second kappa shape index (κ2) is 2.54. The Hall–Kier alpha value is -0.640. The summed E-state index contributed by atoms with van der Waals surface area (Å²) in [4.78, 5) is 3.73. The molecule has 0 atom stereocenters. The smallest absolute Gasteiger partial charge is 0.145 e. The van der Waals surface area contributed by atoms with Gasteiger partial charge in [0, 0.05) is 11.8 Å². The molecule has 0 amide bonds. The fraction of sp³-hybridized carbons (Fsp3) is 0.167. The van der Waals surface area contributed by atoms with Crippen molar-refractivity contribution in [1.29, 1.82) is 0 Å². The minimum absolute atomic E-state index is 0.237. The van der Waals surface area contributed by atoms with Crippen LogP contribution in [0.2, 0.25) is 0 Å². The van der Waals surface area contributed by atoms with E-state index in [0.717, 1.165) is 0 Å². The molecule has 0 aliphatic rings. The van der Waals surface area contributed by atoms with Crippen molar-refractivity contribution in [3.8, 4) is 0 Å². The van der Waals surface area contributed by atoms with Gasteiger partial charge in [-0.15, -0.1) is 0 Å². The summed E-state index contributed by atoms with van der Waals surface area (Å²) in [6.45, 7) is 1.59. The van der Waals surface area contributed by atoms with Crippen LogP contribution in [0, 0.1) is 12.7 Å². The van der Waals surface area contributed by atoms with Gasteiger partial charge in [0.15, 0.2) is 0 Å². The molecule has 1 aromatic rings. The van der Waals surface area contributed by atoms with Gasteiger partial charge in [-0.25, -0.2) is 9.37 Å². The Bertz CT molecular complexity index is 235. The first-order valence-electron chi connectivity index (χ1n) is 2.69. The van der Waals surface area contributed by atoms with Crippen LogP contribution in [0.25, 0.3) is 0 Å². The van der Waals surface area contributed by atoms with Crippen molar-refractivity contribution < 1.29 is 4.39 Å². The van der Waals surface area contributed by atoms with E-state index < -0.39 is 0 Å². The molecule has 0 saturated heterocycles. The lowest BCUT2D eigenvalue weighted by Crippen LogP contribution is -1.96. The predicted molar refractivity (Wildman–Crippen MR) is 41.0 cm³/mol. The SMILES string of the molecule is Cc1c(N)ncc(Br)c1F. The Balaban J connectivity index is 3.34. The van der Waals surface area contributed by atoms with Crippen molar-refractivity contribution in [2.45, 2.75) is 6.92 Å². The molecule has 0 radical (unpaired) electrons. The zero-order valence-electron chi connectivity index (χ0n) is 5.36. The quantitative estimate of drug-likeness (QED) is 0.702. The van der Waals surface area contributed by atoms with Gasteiger partial charge in [0.1, 0.15) is 11.6 Å². The van der Waals surface area contributed by atoms with Crippen LogP contribution in [-0.2, 0) is 0 Å². The van der Waals surface area contributed by atoms with Crippen LogP contribution in [0.4, 0.5) is 10.2 Å². The summed E-state index contributed by atoms with van der Waals surface area (Å²) in [5.41, 5.74) is 5.70. The third-order valence-corrected chi connectivity index (χ3v) is 1.79. The number of aromatic nitrogens is 1. The van der Waals surface area contributed by atoms with E-state index in [1.165, 1.54) is 6.20 Å². The molecule has 10 heavy (non-hydrogen) atoms. The number of halogens is 2. The second-order valence-electron chi connectivity index (χ2n) is 1.93. The summed E-state index contributed by atoms with van der Waals surface area (Å²) >= 11 is 2.99. The highest BCUT2D eigenvalue weighted by atomic mass is 79.9. The number of anilines is 1. The van der Waals surface area contributed by atoms with Crippen LogP contribution in [0.1, 0.15) is 5.56 Å². The van der Waals surface area contributed by atoms with E-state index in [0.29, 0.717) is 10.0 Å². The van der Waals surface area contributed by atoms with Crippen LogP contribution in [0.15, 0.2) is 10.7 Å². The molecular weight excluding hydrogens is 199 g/mol. The van der Waals surface area contributed by atoms with Gasteiger partial charge >= 0.3 is 0 Å². The molecule has 0 aliphatic carbocycles. The van der Waals surface area contributed by atoms with Crippen molar-refractivity contribution in [3.05, 3.63) is 22.1 Å². The molecule has 0 saturated carbocycles. The van der Waals surface area contributed by atoms with Gasteiger partial charge in [-0.3, -0.25) is 0 Å². The van der Waals surface area contributed by atoms with Gasteiger partial charge in [-0.2, -0.15) is 0 Å². The molecule has 1 rings (SSSR count). The molecule has 0 aliphatic heterocycles. The number of nitrogen functional groups attached to an aromatic ring is 1. The lowest BCUT2D eigenvalue weighted by atomic mass is 10.3. The van der Waals surface area contributed by atoms with Gasteiger partial charge in [0.25, 0.3) is 0 Å². The van der Waals surface area contributed by atoms with Crippen molar-refractivity contribution in [2.75, 3.05) is 5.73 Å². The first-order chi connectivity index (χ1) is 4.63. The van der Waals surface area contributed by atoms with Crippen LogP contribution >= 0.6 is 15.9 Å².